The molecule has 0 bridgehead atoms. The molecule has 1 aromatic carbocycles. The Morgan fingerprint density at radius 3 is 2.64 bits per heavy atom. The van der Waals surface area contributed by atoms with Crippen LogP contribution in [0.25, 0.3) is 0 Å². The number of methoxy groups -OCH3 is 1. The monoisotopic (exact) mass is 364 g/mol. The Morgan fingerprint density at radius 2 is 2.00 bits per heavy atom. The third-order valence-corrected chi connectivity index (χ3v) is 4.43. The van der Waals surface area contributed by atoms with Gasteiger partial charge < -0.3 is 19.9 Å². The van der Waals surface area contributed by atoms with Crippen LogP contribution in [0, 0.1) is 6.92 Å². The summed E-state index contributed by atoms with van der Waals surface area (Å²) in [7, 11) is 1.59. The first-order valence-electron chi connectivity index (χ1n) is 7.66. The molecule has 0 aliphatic heterocycles. The zero-order valence-corrected chi connectivity index (χ0v) is 14.9. The van der Waals surface area contributed by atoms with Gasteiger partial charge in [0, 0.05) is 13.7 Å². The Labute approximate surface area is 149 Å². The number of amides is 1. The molecule has 8 heteroatoms. The largest absolute Gasteiger partial charge is 0.482 e. The second-order valence-electron chi connectivity index (χ2n) is 5.29. The van der Waals surface area contributed by atoms with Gasteiger partial charge in [0.25, 0.3) is 5.91 Å². The van der Waals surface area contributed by atoms with Crippen LogP contribution >= 0.6 is 11.3 Å². The molecule has 0 aliphatic rings. The number of hydrogen-bond acceptors (Lipinski definition) is 6. The molecule has 1 amide bonds. The molecule has 0 fully saturated rings. The van der Waals surface area contributed by atoms with Crippen molar-refractivity contribution in [1.29, 1.82) is 0 Å². The van der Waals surface area contributed by atoms with Gasteiger partial charge in [0.15, 0.2) is 6.61 Å². The van der Waals surface area contributed by atoms with Crippen LogP contribution in [0.2, 0.25) is 0 Å². The van der Waals surface area contributed by atoms with Crippen molar-refractivity contribution in [1.82, 2.24) is 10.3 Å². The van der Waals surface area contributed by atoms with Gasteiger partial charge in [0.1, 0.15) is 15.6 Å². The van der Waals surface area contributed by atoms with Crippen LogP contribution in [0.4, 0.5) is 0 Å². The summed E-state index contributed by atoms with van der Waals surface area (Å²) in [5, 5.41) is 12.2. The normalized spacial score (nSPS) is 10.5. The molecule has 0 atom stereocenters. The fourth-order valence-corrected chi connectivity index (χ4v) is 3.10. The number of rotatable bonds is 9. The minimum Gasteiger partial charge on any atom is -0.482 e. The van der Waals surface area contributed by atoms with Crippen molar-refractivity contribution in [2.24, 2.45) is 0 Å². The van der Waals surface area contributed by atoms with Crippen LogP contribution in [-0.4, -0.2) is 42.2 Å². The van der Waals surface area contributed by atoms with E-state index in [9.17, 15) is 9.59 Å². The highest BCUT2D eigenvalue weighted by atomic mass is 32.1. The Balaban J connectivity index is 1.81. The van der Waals surface area contributed by atoms with E-state index in [4.69, 9.17) is 14.6 Å². The number of aliphatic carboxylic acids is 1. The maximum absolute atomic E-state index is 12.2. The first kappa shape index (κ1) is 18.9. The zero-order chi connectivity index (χ0) is 18.2. The number of hydrogen-bond donors (Lipinski definition) is 2. The predicted octanol–water partition coefficient (Wildman–Crippen LogP) is 2.03. The number of ether oxygens (including phenoxy) is 2. The lowest BCUT2D eigenvalue weighted by molar-refractivity contribution is -0.139. The van der Waals surface area contributed by atoms with Crippen molar-refractivity contribution >= 4 is 23.2 Å². The first-order valence-corrected chi connectivity index (χ1v) is 8.48. The molecule has 7 nitrogen and oxygen atoms in total. The minimum absolute atomic E-state index is 0.140. The zero-order valence-electron chi connectivity index (χ0n) is 14.1. The molecule has 2 rings (SSSR count). The minimum atomic E-state index is -1.01. The Kier molecular flexibility index (Phi) is 6.91. The van der Waals surface area contributed by atoms with Crippen molar-refractivity contribution in [2.45, 2.75) is 20.0 Å². The summed E-state index contributed by atoms with van der Waals surface area (Å²) in [6.07, 6.45) is 0.660. The van der Waals surface area contributed by atoms with Crippen LogP contribution in [0.15, 0.2) is 24.3 Å². The lowest BCUT2D eigenvalue weighted by Gasteiger charge is -2.06. The molecule has 0 spiro atoms. The number of carboxylic acid groups (broad SMARTS) is 1. The van der Waals surface area contributed by atoms with Gasteiger partial charge in [-0.2, -0.15) is 0 Å². The van der Waals surface area contributed by atoms with Gasteiger partial charge in [-0.1, -0.05) is 12.1 Å². The Bertz CT molecular complexity index is 727. The van der Waals surface area contributed by atoms with Crippen LogP contribution in [-0.2, 0) is 22.6 Å². The van der Waals surface area contributed by atoms with Crippen LogP contribution in [0.5, 0.6) is 5.75 Å². The van der Waals surface area contributed by atoms with E-state index in [0.29, 0.717) is 35.9 Å². The Hall–Kier alpha value is -2.45. The summed E-state index contributed by atoms with van der Waals surface area (Å²) < 4.78 is 10.1. The molecule has 0 unspecified atom stereocenters. The van der Waals surface area contributed by atoms with Gasteiger partial charge in [-0.3, -0.25) is 4.79 Å². The maximum atomic E-state index is 12.2. The number of aromatic nitrogens is 1. The molecule has 1 heterocycles. The first-order chi connectivity index (χ1) is 12.0. The summed E-state index contributed by atoms with van der Waals surface area (Å²) in [5.74, 6) is -0.654. The third kappa shape index (κ3) is 5.84. The van der Waals surface area contributed by atoms with E-state index in [0.717, 1.165) is 10.6 Å². The second kappa shape index (κ2) is 9.14. The quantitative estimate of drug-likeness (QED) is 0.707. The van der Waals surface area contributed by atoms with E-state index in [1.807, 2.05) is 12.1 Å². The van der Waals surface area contributed by atoms with E-state index in [2.05, 4.69) is 10.3 Å². The SMILES string of the molecule is COCc1nc(C)c(C(=O)NCCc2ccc(OCC(=O)O)cc2)s1. The summed E-state index contributed by atoms with van der Waals surface area (Å²) in [5.41, 5.74) is 1.72. The van der Waals surface area contributed by atoms with E-state index in [-0.39, 0.29) is 12.5 Å². The number of benzene rings is 1. The van der Waals surface area contributed by atoms with Crippen molar-refractivity contribution in [3.8, 4) is 5.75 Å². The fourth-order valence-electron chi connectivity index (χ4n) is 2.15. The topological polar surface area (TPSA) is 97.8 Å². The summed E-state index contributed by atoms with van der Waals surface area (Å²) >= 11 is 1.34. The van der Waals surface area contributed by atoms with Gasteiger partial charge in [0.2, 0.25) is 0 Å². The average molecular weight is 364 g/mol. The van der Waals surface area contributed by atoms with Gasteiger partial charge in [-0.05, 0) is 31.0 Å². The van der Waals surface area contributed by atoms with E-state index < -0.39 is 5.97 Å². The lowest BCUT2D eigenvalue weighted by atomic mass is 10.1. The maximum Gasteiger partial charge on any atom is 0.341 e. The highest BCUT2D eigenvalue weighted by Gasteiger charge is 2.14. The van der Waals surface area contributed by atoms with Crippen LogP contribution < -0.4 is 10.1 Å². The van der Waals surface area contributed by atoms with Crippen molar-refractivity contribution in [3.05, 3.63) is 45.4 Å². The Morgan fingerprint density at radius 1 is 1.28 bits per heavy atom. The molecule has 0 radical (unpaired) electrons. The van der Waals surface area contributed by atoms with E-state index in [1.54, 1.807) is 26.2 Å². The molecular weight excluding hydrogens is 344 g/mol. The van der Waals surface area contributed by atoms with E-state index >= 15 is 0 Å². The number of aryl methyl sites for hydroxylation is 1. The molecule has 134 valence electrons. The smallest absolute Gasteiger partial charge is 0.341 e. The fraction of sp³-hybridized carbons (Fsp3) is 0.353. The number of nitrogens with zero attached hydrogens (tertiary/aromatic N) is 1. The van der Waals surface area contributed by atoms with Crippen LogP contribution in [0.3, 0.4) is 0 Å². The molecule has 25 heavy (non-hydrogen) atoms. The molecular formula is C17H20N2O5S. The van der Waals surface area contributed by atoms with Gasteiger partial charge >= 0.3 is 5.97 Å². The number of carbonyl (C=O) groups excluding carboxylic acids is 1. The highest BCUT2D eigenvalue weighted by Crippen LogP contribution is 2.18. The van der Waals surface area contributed by atoms with Gasteiger partial charge in [-0.25, -0.2) is 9.78 Å². The molecule has 1 aromatic heterocycles. The lowest BCUT2D eigenvalue weighted by Crippen LogP contribution is -2.25. The number of nitrogens with one attached hydrogen (secondary N) is 1. The predicted molar refractivity (Wildman–Crippen MR) is 93.2 cm³/mol. The average Bonchev–Trinajstić information content (AvgIpc) is 2.95. The standard InChI is InChI=1S/C17H20N2O5S/c1-11-16(25-14(19-11)9-23-2)17(22)18-8-7-12-3-5-13(6-4-12)24-10-15(20)21/h3-6H,7-10H2,1-2H3,(H,18,22)(H,20,21). The molecule has 2 aromatic rings. The second-order valence-corrected chi connectivity index (χ2v) is 6.37. The molecule has 0 saturated carbocycles. The summed E-state index contributed by atoms with van der Waals surface area (Å²) in [6.45, 7) is 2.33. The summed E-state index contributed by atoms with van der Waals surface area (Å²) in [4.78, 5) is 27.6. The van der Waals surface area contributed by atoms with Crippen LogP contribution in [0.1, 0.15) is 25.9 Å². The number of carboxylic acids is 1. The molecule has 2 N–H and O–H groups in total. The molecule has 0 aliphatic carbocycles. The highest BCUT2D eigenvalue weighted by molar-refractivity contribution is 7.13. The van der Waals surface area contributed by atoms with Crippen molar-refractivity contribution in [3.63, 3.8) is 0 Å². The third-order valence-electron chi connectivity index (χ3n) is 3.30. The number of thiazole rings is 1. The molecule has 0 saturated heterocycles. The number of carbonyl (C=O) groups is 2. The van der Waals surface area contributed by atoms with E-state index in [1.165, 1.54) is 11.3 Å². The van der Waals surface area contributed by atoms with Gasteiger partial charge in [-0.15, -0.1) is 11.3 Å². The van der Waals surface area contributed by atoms with Crippen molar-refractivity contribution in [2.75, 3.05) is 20.3 Å². The summed E-state index contributed by atoms with van der Waals surface area (Å²) in [6, 6.07) is 7.12. The van der Waals surface area contributed by atoms with Crippen molar-refractivity contribution < 1.29 is 24.2 Å². The van der Waals surface area contributed by atoms with Gasteiger partial charge in [0.05, 0.1) is 12.3 Å².